The lowest BCUT2D eigenvalue weighted by molar-refractivity contribution is 0.669. The largest absolute Gasteiger partial charge is 0.454 e. The van der Waals surface area contributed by atoms with E-state index in [1.165, 1.54) is 43.8 Å². The zero-order valence-electron chi connectivity index (χ0n) is 25.1. The van der Waals surface area contributed by atoms with E-state index in [-0.39, 0.29) is 0 Å². The molecule has 0 atom stereocenters. The molecule has 0 radical (unpaired) electrons. The van der Waals surface area contributed by atoms with Crippen LogP contribution >= 0.6 is 0 Å². The van der Waals surface area contributed by atoms with Crippen LogP contribution in [0.3, 0.4) is 0 Å². The van der Waals surface area contributed by atoms with E-state index < -0.39 is 0 Å². The summed E-state index contributed by atoms with van der Waals surface area (Å²) in [6, 6.07) is 62.6. The van der Waals surface area contributed by atoms with Crippen LogP contribution in [0.1, 0.15) is 0 Å². The number of benzene rings is 8. The Kier molecular flexibility index (Phi) is 6.17. The Morgan fingerprint density at radius 1 is 0.348 bits per heavy atom. The van der Waals surface area contributed by atoms with Gasteiger partial charge in [0.1, 0.15) is 5.58 Å². The number of rotatable bonds is 5. The molecule has 216 valence electrons. The lowest BCUT2D eigenvalue weighted by atomic mass is 9.99. The molecule has 0 bridgehead atoms. The third-order valence-corrected chi connectivity index (χ3v) is 9.05. The number of anilines is 3. The summed E-state index contributed by atoms with van der Waals surface area (Å²) >= 11 is 0. The van der Waals surface area contributed by atoms with E-state index in [0.29, 0.717) is 0 Å². The highest BCUT2D eigenvalue weighted by Gasteiger charge is 2.20. The van der Waals surface area contributed by atoms with Gasteiger partial charge in [0, 0.05) is 22.1 Å². The molecule has 2 nitrogen and oxygen atoms in total. The van der Waals surface area contributed by atoms with Crippen LogP contribution in [0.5, 0.6) is 0 Å². The quantitative estimate of drug-likeness (QED) is 0.186. The summed E-state index contributed by atoms with van der Waals surface area (Å²) in [4.78, 5) is 2.31. The van der Waals surface area contributed by atoms with Gasteiger partial charge in [-0.3, -0.25) is 0 Å². The van der Waals surface area contributed by atoms with Crippen LogP contribution in [0.15, 0.2) is 180 Å². The fraction of sp³-hybridized carbons (Fsp3) is 0. The molecule has 0 fully saturated rings. The van der Waals surface area contributed by atoms with Crippen LogP contribution in [0.25, 0.3) is 65.7 Å². The molecular formula is C44H29NO. The van der Waals surface area contributed by atoms with Crippen LogP contribution < -0.4 is 4.90 Å². The summed E-state index contributed by atoms with van der Waals surface area (Å²) in [6.07, 6.45) is 0. The Bertz CT molecular complexity index is 2410. The lowest BCUT2D eigenvalue weighted by Gasteiger charge is -2.26. The molecule has 0 unspecified atom stereocenters. The van der Waals surface area contributed by atoms with Gasteiger partial charge in [0.2, 0.25) is 0 Å². The molecule has 0 aliphatic carbocycles. The molecule has 46 heavy (non-hydrogen) atoms. The SMILES string of the molecule is c1ccc(-c2ccc(N(c3ccc(-c4ccccc4)cc3)c3cccc4c3oc3cc5ccc6ccccc6c5cc34)cc2)cc1. The van der Waals surface area contributed by atoms with Crippen molar-refractivity contribution in [3.8, 4) is 22.3 Å². The van der Waals surface area contributed by atoms with Crippen LogP contribution in [-0.4, -0.2) is 0 Å². The summed E-state index contributed by atoms with van der Waals surface area (Å²) in [5.74, 6) is 0. The second-order valence-electron chi connectivity index (χ2n) is 11.8. The van der Waals surface area contributed by atoms with E-state index in [2.05, 4.69) is 181 Å². The van der Waals surface area contributed by atoms with Crippen molar-refractivity contribution in [1.82, 2.24) is 0 Å². The predicted molar refractivity (Wildman–Crippen MR) is 194 cm³/mol. The molecule has 1 aromatic heterocycles. The molecule has 8 aromatic carbocycles. The van der Waals surface area contributed by atoms with Crippen LogP contribution in [0.4, 0.5) is 17.1 Å². The minimum absolute atomic E-state index is 0.872. The molecule has 0 N–H and O–H groups in total. The Hall–Kier alpha value is -6.12. The second kappa shape index (κ2) is 10.8. The van der Waals surface area contributed by atoms with Crippen LogP contribution in [-0.2, 0) is 0 Å². The molecule has 0 aliphatic rings. The minimum Gasteiger partial charge on any atom is -0.454 e. The second-order valence-corrected chi connectivity index (χ2v) is 11.8. The summed E-state index contributed by atoms with van der Waals surface area (Å²) in [5, 5.41) is 7.15. The Morgan fingerprint density at radius 3 is 1.54 bits per heavy atom. The van der Waals surface area contributed by atoms with E-state index >= 15 is 0 Å². The monoisotopic (exact) mass is 587 g/mol. The summed E-state index contributed by atoms with van der Waals surface area (Å²) in [7, 11) is 0. The number of hydrogen-bond acceptors (Lipinski definition) is 2. The van der Waals surface area contributed by atoms with Gasteiger partial charge in [-0.25, -0.2) is 0 Å². The van der Waals surface area contributed by atoms with E-state index in [0.717, 1.165) is 39.0 Å². The van der Waals surface area contributed by atoms with Gasteiger partial charge >= 0.3 is 0 Å². The highest BCUT2D eigenvalue weighted by atomic mass is 16.3. The van der Waals surface area contributed by atoms with Gasteiger partial charge in [0.15, 0.2) is 5.58 Å². The molecule has 9 rings (SSSR count). The first-order valence-electron chi connectivity index (χ1n) is 15.7. The molecule has 0 amide bonds. The predicted octanol–water partition coefficient (Wildman–Crippen LogP) is 12.7. The number of furan rings is 1. The number of hydrogen-bond donors (Lipinski definition) is 0. The highest BCUT2D eigenvalue weighted by molar-refractivity contribution is 6.18. The zero-order chi connectivity index (χ0) is 30.5. The number of nitrogens with zero attached hydrogens (tertiary/aromatic N) is 1. The normalized spacial score (nSPS) is 11.5. The summed E-state index contributed by atoms with van der Waals surface area (Å²) in [5.41, 5.74) is 9.67. The van der Waals surface area contributed by atoms with E-state index in [4.69, 9.17) is 4.42 Å². The molecule has 0 saturated heterocycles. The van der Waals surface area contributed by atoms with Crippen molar-refractivity contribution in [2.24, 2.45) is 0 Å². The van der Waals surface area contributed by atoms with Crippen molar-refractivity contribution < 1.29 is 4.42 Å². The van der Waals surface area contributed by atoms with Crippen molar-refractivity contribution in [2.45, 2.75) is 0 Å². The van der Waals surface area contributed by atoms with Crippen molar-refractivity contribution in [3.63, 3.8) is 0 Å². The van der Waals surface area contributed by atoms with E-state index in [9.17, 15) is 0 Å². The first-order valence-corrected chi connectivity index (χ1v) is 15.7. The Balaban J connectivity index is 1.23. The average molecular weight is 588 g/mol. The van der Waals surface area contributed by atoms with Crippen molar-refractivity contribution in [2.75, 3.05) is 4.90 Å². The molecular weight excluding hydrogens is 558 g/mol. The van der Waals surface area contributed by atoms with Gasteiger partial charge in [0.05, 0.1) is 5.69 Å². The van der Waals surface area contributed by atoms with Crippen molar-refractivity contribution in [1.29, 1.82) is 0 Å². The molecule has 1 heterocycles. The first kappa shape index (κ1) is 26.3. The summed E-state index contributed by atoms with van der Waals surface area (Å²) < 4.78 is 6.77. The van der Waals surface area contributed by atoms with Gasteiger partial charge in [0.25, 0.3) is 0 Å². The summed E-state index contributed by atoms with van der Waals surface area (Å²) in [6.45, 7) is 0. The molecule has 0 saturated carbocycles. The fourth-order valence-corrected chi connectivity index (χ4v) is 6.75. The Morgan fingerprint density at radius 2 is 0.891 bits per heavy atom. The van der Waals surface area contributed by atoms with Crippen molar-refractivity contribution >= 4 is 60.5 Å². The third kappa shape index (κ3) is 4.43. The molecule has 0 aliphatic heterocycles. The smallest absolute Gasteiger partial charge is 0.159 e. The maximum Gasteiger partial charge on any atom is 0.159 e. The number of para-hydroxylation sites is 1. The van der Waals surface area contributed by atoms with Crippen LogP contribution in [0, 0.1) is 0 Å². The Labute approximate surface area is 267 Å². The van der Waals surface area contributed by atoms with Gasteiger partial charge in [-0.05, 0) is 86.3 Å². The molecule has 9 aromatic rings. The standard InChI is InChI=1S/C44H29NO/c1-3-10-30(11-4-1)32-20-24-36(25-21-32)45(37-26-22-33(23-27-37)31-12-5-2-6-13-31)42-17-9-16-39-41-29-40-35(28-43(41)46-44(39)42)19-18-34-14-7-8-15-38(34)40/h1-29H. The highest BCUT2D eigenvalue weighted by Crippen LogP contribution is 2.44. The molecule has 2 heteroatoms. The lowest BCUT2D eigenvalue weighted by Crippen LogP contribution is -2.10. The van der Waals surface area contributed by atoms with Gasteiger partial charge in [-0.15, -0.1) is 0 Å². The zero-order valence-corrected chi connectivity index (χ0v) is 25.1. The average Bonchev–Trinajstić information content (AvgIpc) is 3.50. The topological polar surface area (TPSA) is 16.4 Å². The maximum atomic E-state index is 6.77. The van der Waals surface area contributed by atoms with E-state index in [1.54, 1.807) is 0 Å². The first-order chi connectivity index (χ1) is 22.8. The van der Waals surface area contributed by atoms with Gasteiger partial charge in [-0.2, -0.15) is 0 Å². The number of fused-ring (bicyclic) bond motifs is 6. The van der Waals surface area contributed by atoms with Crippen molar-refractivity contribution in [3.05, 3.63) is 176 Å². The fourth-order valence-electron chi connectivity index (χ4n) is 6.75. The minimum atomic E-state index is 0.872. The van der Waals surface area contributed by atoms with Gasteiger partial charge < -0.3 is 9.32 Å². The van der Waals surface area contributed by atoms with Crippen LogP contribution in [0.2, 0.25) is 0 Å². The van der Waals surface area contributed by atoms with Gasteiger partial charge in [-0.1, -0.05) is 133 Å². The third-order valence-electron chi connectivity index (χ3n) is 9.05. The maximum absolute atomic E-state index is 6.77. The van der Waals surface area contributed by atoms with E-state index in [1.807, 2.05) is 0 Å². The molecule has 0 spiro atoms.